The number of halogens is 1. The Kier molecular flexibility index (Phi) is 5.28. The van der Waals surface area contributed by atoms with Crippen LogP contribution in [-0.4, -0.2) is 18.6 Å². The van der Waals surface area contributed by atoms with Crippen molar-refractivity contribution in [2.45, 2.75) is 26.3 Å². The molecule has 0 saturated carbocycles. The zero-order valence-electron chi connectivity index (χ0n) is 12.7. The summed E-state index contributed by atoms with van der Waals surface area (Å²) < 4.78 is 19.1. The lowest BCUT2D eigenvalue weighted by Crippen LogP contribution is -2.25. The molecule has 112 valence electrons. The van der Waals surface area contributed by atoms with Crippen LogP contribution in [0.25, 0.3) is 0 Å². The predicted molar refractivity (Wildman–Crippen MR) is 82.1 cm³/mol. The number of rotatable bonds is 6. The Morgan fingerprint density at radius 1 is 1.33 bits per heavy atom. The van der Waals surface area contributed by atoms with Crippen LogP contribution in [0.5, 0.6) is 5.75 Å². The topological polar surface area (TPSA) is 34.2 Å². The normalized spacial score (nSPS) is 12.2. The molecule has 0 aliphatic carbocycles. The maximum Gasteiger partial charge on any atom is 0.142 e. The van der Waals surface area contributed by atoms with Gasteiger partial charge in [0.2, 0.25) is 0 Å². The number of ether oxygens (including phenoxy) is 1. The molecule has 1 heterocycles. The summed E-state index contributed by atoms with van der Waals surface area (Å²) in [5, 5.41) is 3.44. The molecule has 1 unspecified atom stereocenters. The van der Waals surface area contributed by atoms with Crippen molar-refractivity contribution in [3.8, 4) is 5.75 Å². The quantitative estimate of drug-likeness (QED) is 0.881. The SMILES string of the molecule is CCCNC(c1cc(F)ccc1C)c1ncccc1OC. The van der Waals surface area contributed by atoms with Gasteiger partial charge in [0, 0.05) is 6.20 Å². The van der Waals surface area contributed by atoms with Crippen LogP contribution in [0.3, 0.4) is 0 Å². The maximum absolute atomic E-state index is 13.6. The Balaban J connectivity index is 2.49. The van der Waals surface area contributed by atoms with E-state index >= 15 is 0 Å². The number of aromatic nitrogens is 1. The summed E-state index contributed by atoms with van der Waals surface area (Å²) in [5.41, 5.74) is 2.69. The van der Waals surface area contributed by atoms with E-state index in [0.29, 0.717) is 5.75 Å². The molecule has 0 aliphatic rings. The average molecular weight is 288 g/mol. The third-order valence-electron chi connectivity index (χ3n) is 3.44. The highest BCUT2D eigenvalue weighted by Gasteiger charge is 2.21. The van der Waals surface area contributed by atoms with Crippen LogP contribution in [0, 0.1) is 12.7 Å². The number of aryl methyl sites for hydroxylation is 1. The molecule has 0 radical (unpaired) electrons. The van der Waals surface area contributed by atoms with E-state index in [4.69, 9.17) is 4.74 Å². The molecule has 2 rings (SSSR count). The molecule has 1 aromatic carbocycles. The smallest absolute Gasteiger partial charge is 0.142 e. The number of hydrogen-bond donors (Lipinski definition) is 1. The highest BCUT2D eigenvalue weighted by molar-refractivity contribution is 5.40. The van der Waals surface area contributed by atoms with Gasteiger partial charge >= 0.3 is 0 Å². The van der Waals surface area contributed by atoms with Crippen LogP contribution in [-0.2, 0) is 0 Å². The van der Waals surface area contributed by atoms with Crippen LogP contribution in [0.1, 0.15) is 36.2 Å². The van der Waals surface area contributed by atoms with E-state index in [1.807, 2.05) is 19.1 Å². The Morgan fingerprint density at radius 3 is 2.86 bits per heavy atom. The second-order valence-corrected chi connectivity index (χ2v) is 4.98. The summed E-state index contributed by atoms with van der Waals surface area (Å²) in [6.07, 6.45) is 2.72. The lowest BCUT2D eigenvalue weighted by molar-refractivity contribution is 0.399. The minimum atomic E-state index is -0.242. The molecule has 0 spiro atoms. The van der Waals surface area contributed by atoms with Crippen LogP contribution < -0.4 is 10.1 Å². The highest BCUT2D eigenvalue weighted by Crippen LogP contribution is 2.30. The van der Waals surface area contributed by atoms with Gasteiger partial charge in [-0.15, -0.1) is 0 Å². The lowest BCUT2D eigenvalue weighted by Gasteiger charge is -2.22. The Hall–Kier alpha value is -1.94. The van der Waals surface area contributed by atoms with Crippen molar-refractivity contribution in [1.82, 2.24) is 10.3 Å². The second kappa shape index (κ2) is 7.18. The third-order valence-corrected chi connectivity index (χ3v) is 3.44. The monoisotopic (exact) mass is 288 g/mol. The Bertz CT molecular complexity index is 601. The molecular weight excluding hydrogens is 267 g/mol. The first kappa shape index (κ1) is 15.4. The van der Waals surface area contributed by atoms with Crippen LogP contribution in [0.15, 0.2) is 36.5 Å². The van der Waals surface area contributed by atoms with Crippen molar-refractivity contribution < 1.29 is 9.13 Å². The van der Waals surface area contributed by atoms with Crippen molar-refractivity contribution in [2.24, 2.45) is 0 Å². The number of nitrogens with one attached hydrogen (secondary N) is 1. The molecule has 0 amide bonds. The fraction of sp³-hybridized carbons (Fsp3) is 0.353. The summed E-state index contributed by atoms with van der Waals surface area (Å²) in [6.45, 7) is 4.89. The Labute approximate surface area is 125 Å². The second-order valence-electron chi connectivity index (χ2n) is 4.98. The molecule has 2 aromatic rings. The minimum absolute atomic E-state index is 0.184. The molecule has 0 bridgehead atoms. The van der Waals surface area contributed by atoms with E-state index < -0.39 is 0 Å². The number of hydrogen-bond acceptors (Lipinski definition) is 3. The first-order valence-corrected chi connectivity index (χ1v) is 7.15. The number of pyridine rings is 1. The fourth-order valence-electron chi connectivity index (χ4n) is 2.36. The molecule has 1 aromatic heterocycles. The summed E-state index contributed by atoms with van der Waals surface area (Å²) in [5.74, 6) is 0.462. The average Bonchev–Trinajstić information content (AvgIpc) is 2.51. The largest absolute Gasteiger partial charge is 0.495 e. The zero-order valence-corrected chi connectivity index (χ0v) is 12.7. The first-order chi connectivity index (χ1) is 10.2. The van der Waals surface area contributed by atoms with Crippen LogP contribution in [0.2, 0.25) is 0 Å². The van der Waals surface area contributed by atoms with Gasteiger partial charge in [0.15, 0.2) is 0 Å². The molecule has 0 aliphatic heterocycles. The van der Waals surface area contributed by atoms with Gasteiger partial charge in [0.25, 0.3) is 0 Å². The van der Waals surface area contributed by atoms with Gasteiger partial charge in [-0.1, -0.05) is 13.0 Å². The molecule has 0 fully saturated rings. The summed E-state index contributed by atoms with van der Waals surface area (Å²) in [7, 11) is 1.62. The van der Waals surface area contributed by atoms with Crippen molar-refractivity contribution in [2.75, 3.05) is 13.7 Å². The van der Waals surface area contributed by atoms with Crippen molar-refractivity contribution in [3.05, 3.63) is 59.2 Å². The molecular formula is C17H21FN2O. The predicted octanol–water partition coefficient (Wildman–Crippen LogP) is 3.63. The summed E-state index contributed by atoms with van der Waals surface area (Å²) in [6, 6.07) is 8.36. The van der Waals surface area contributed by atoms with Crippen molar-refractivity contribution in [3.63, 3.8) is 0 Å². The van der Waals surface area contributed by atoms with E-state index in [0.717, 1.165) is 29.8 Å². The number of benzene rings is 1. The molecule has 4 heteroatoms. The standard InChI is InChI=1S/C17H21FN2O/c1-4-9-19-16(14-11-13(18)8-7-12(14)2)17-15(21-3)6-5-10-20-17/h5-8,10-11,16,19H,4,9H2,1-3H3. The fourth-order valence-corrected chi connectivity index (χ4v) is 2.36. The molecule has 1 atom stereocenters. The van der Waals surface area contributed by atoms with Crippen LogP contribution >= 0.6 is 0 Å². The molecule has 21 heavy (non-hydrogen) atoms. The third kappa shape index (κ3) is 3.58. The molecule has 0 saturated heterocycles. The van der Waals surface area contributed by atoms with Crippen molar-refractivity contribution >= 4 is 0 Å². The van der Waals surface area contributed by atoms with Crippen molar-refractivity contribution in [1.29, 1.82) is 0 Å². The van der Waals surface area contributed by atoms with Crippen LogP contribution in [0.4, 0.5) is 4.39 Å². The van der Waals surface area contributed by atoms with Gasteiger partial charge < -0.3 is 10.1 Å². The molecule has 3 nitrogen and oxygen atoms in total. The first-order valence-electron chi connectivity index (χ1n) is 7.15. The van der Waals surface area contributed by atoms with Gasteiger partial charge in [-0.3, -0.25) is 4.98 Å². The zero-order chi connectivity index (χ0) is 15.2. The van der Waals surface area contributed by atoms with E-state index in [2.05, 4.69) is 17.2 Å². The number of methoxy groups -OCH3 is 1. The highest BCUT2D eigenvalue weighted by atomic mass is 19.1. The summed E-state index contributed by atoms with van der Waals surface area (Å²) in [4.78, 5) is 4.44. The van der Waals surface area contributed by atoms with E-state index in [-0.39, 0.29) is 11.9 Å². The minimum Gasteiger partial charge on any atom is -0.495 e. The number of nitrogens with zero attached hydrogens (tertiary/aromatic N) is 1. The Morgan fingerprint density at radius 2 is 2.14 bits per heavy atom. The van der Waals surface area contributed by atoms with E-state index in [1.54, 1.807) is 25.4 Å². The van der Waals surface area contributed by atoms with Gasteiger partial charge in [-0.25, -0.2) is 4.39 Å². The van der Waals surface area contributed by atoms with Gasteiger partial charge in [-0.2, -0.15) is 0 Å². The summed E-state index contributed by atoms with van der Waals surface area (Å²) >= 11 is 0. The van der Waals surface area contributed by atoms with Gasteiger partial charge in [0.05, 0.1) is 13.2 Å². The van der Waals surface area contributed by atoms with E-state index in [1.165, 1.54) is 6.07 Å². The molecule has 1 N–H and O–H groups in total. The van der Waals surface area contributed by atoms with Gasteiger partial charge in [-0.05, 0) is 55.3 Å². The van der Waals surface area contributed by atoms with E-state index in [9.17, 15) is 4.39 Å². The lowest BCUT2D eigenvalue weighted by atomic mass is 9.97. The van der Waals surface area contributed by atoms with Gasteiger partial charge in [0.1, 0.15) is 17.3 Å². The maximum atomic E-state index is 13.6.